The van der Waals surface area contributed by atoms with Gasteiger partial charge in [0.2, 0.25) is 5.91 Å². The third kappa shape index (κ3) is 4.78. The zero-order valence-corrected chi connectivity index (χ0v) is 20.1. The van der Waals surface area contributed by atoms with Crippen LogP contribution in [0.4, 0.5) is 4.39 Å². The molecule has 1 amide bonds. The van der Waals surface area contributed by atoms with Crippen molar-refractivity contribution in [3.05, 3.63) is 58.0 Å². The highest BCUT2D eigenvalue weighted by atomic mass is 32.1. The van der Waals surface area contributed by atoms with Crippen LogP contribution in [0, 0.1) is 11.7 Å². The van der Waals surface area contributed by atoms with Gasteiger partial charge in [0.05, 0.1) is 26.7 Å². The van der Waals surface area contributed by atoms with E-state index < -0.39 is 5.60 Å². The molecule has 1 unspecified atom stereocenters. The fourth-order valence-electron chi connectivity index (χ4n) is 5.56. The van der Waals surface area contributed by atoms with Gasteiger partial charge in [-0.2, -0.15) is 0 Å². The first kappa shape index (κ1) is 23.4. The van der Waals surface area contributed by atoms with E-state index in [1.165, 1.54) is 23.5 Å². The number of benzene rings is 1. The van der Waals surface area contributed by atoms with Gasteiger partial charge in [0, 0.05) is 42.8 Å². The van der Waals surface area contributed by atoms with Crippen molar-refractivity contribution in [3.63, 3.8) is 0 Å². The Labute approximate surface area is 195 Å². The minimum Gasteiger partial charge on any atom is -0.838 e. The molecule has 1 aromatic heterocycles. The molecule has 0 radical (unpaired) electrons. The van der Waals surface area contributed by atoms with Crippen LogP contribution < -0.4 is 5.11 Å². The van der Waals surface area contributed by atoms with Gasteiger partial charge in [-0.25, -0.2) is 4.39 Å². The van der Waals surface area contributed by atoms with Gasteiger partial charge in [-0.1, -0.05) is 43.9 Å². The van der Waals surface area contributed by atoms with Crippen LogP contribution in [0.3, 0.4) is 0 Å². The Bertz CT molecular complexity index is 885. The van der Waals surface area contributed by atoms with Crippen molar-refractivity contribution in [2.45, 2.75) is 56.6 Å². The maximum atomic E-state index is 14.1. The Morgan fingerprint density at radius 1 is 1.12 bits per heavy atom. The number of quaternary nitrogens is 1. The summed E-state index contributed by atoms with van der Waals surface area (Å²) in [4.78, 5) is 16.1. The second kappa shape index (κ2) is 9.62. The van der Waals surface area contributed by atoms with Gasteiger partial charge in [0.15, 0.2) is 0 Å². The number of carbonyl (C=O) groups is 1. The SMILES string of the molecule is C[N+](C)(CCc1ccc(F)cc1)C1CCN(C(=O)C([O-])(c2cccs2)C2CCCC2)CC1. The van der Waals surface area contributed by atoms with Crippen molar-refractivity contribution < 1.29 is 18.8 Å². The van der Waals surface area contributed by atoms with E-state index in [1.807, 2.05) is 34.5 Å². The average molecular weight is 459 g/mol. The molecule has 0 bridgehead atoms. The fourth-order valence-corrected chi connectivity index (χ4v) is 6.45. The number of halogens is 1. The van der Waals surface area contributed by atoms with Crippen molar-refractivity contribution in [3.8, 4) is 0 Å². The van der Waals surface area contributed by atoms with Crippen LogP contribution in [0.25, 0.3) is 0 Å². The second-order valence-corrected chi connectivity index (χ2v) is 11.0. The number of thiophene rings is 1. The quantitative estimate of drug-likeness (QED) is 0.590. The highest BCUT2D eigenvalue weighted by molar-refractivity contribution is 7.10. The molecule has 2 aliphatic rings. The predicted molar refractivity (Wildman–Crippen MR) is 125 cm³/mol. The fraction of sp³-hybridized carbons (Fsp3) is 0.577. The Kier molecular flexibility index (Phi) is 7.03. The van der Waals surface area contributed by atoms with Gasteiger partial charge < -0.3 is 14.5 Å². The molecular weight excluding hydrogens is 423 g/mol. The lowest BCUT2D eigenvalue weighted by molar-refractivity contribution is -0.916. The summed E-state index contributed by atoms with van der Waals surface area (Å²) < 4.78 is 14.0. The molecule has 2 heterocycles. The zero-order valence-electron chi connectivity index (χ0n) is 19.3. The monoisotopic (exact) mass is 458 g/mol. The Balaban J connectivity index is 1.38. The van der Waals surface area contributed by atoms with Crippen molar-refractivity contribution in [2.24, 2.45) is 5.92 Å². The molecule has 6 heteroatoms. The van der Waals surface area contributed by atoms with Crippen molar-refractivity contribution >= 4 is 17.2 Å². The first-order valence-electron chi connectivity index (χ1n) is 11.9. The lowest BCUT2D eigenvalue weighted by Gasteiger charge is -2.49. The first-order chi connectivity index (χ1) is 15.3. The molecule has 32 heavy (non-hydrogen) atoms. The van der Waals surface area contributed by atoms with Gasteiger partial charge in [0.25, 0.3) is 0 Å². The smallest absolute Gasteiger partial charge is 0.217 e. The Morgan fingerprint density at radius 3 is 2.38 bits per heavy atom. The summed E-state index contributed by atoms with van der Waals surface area (Å²) in [6.45, 7) is 2.28. The minimum atomic E-state index is -1.62. The number of hydrogen-bond donors (Lipinski definition) is 0. The third-order valence-electron chi connectivity index (χ3n) is 7.77. The first-order valence-corrected chi connectivity index (χ1v) is 12.8. The van der Waals surface area contributed by atoms with E-state index in [-0.39, 0.29) is 17.6 Å². The molecule has 1 aliphatic heterocycles. The summed E-state index contributed by atoms with van der Waals surface area (Å²) in [6.07, 6.45) is 6.54. The maximum Gasteiger partial charge on any atom is 0.217 e. The summed E-state index contributed by atoms with van der Waals surface area (Å²) in [5, 5.41) is 16.0. The lowest BCUT2D eigenvalue weighted by Crippen LogP contribution is -2.62. The van der Waals surface area contributed by atoms with Crippen molar-refractivity contribution in [2.75, 3.05) is 33.7 Å². The number of piperidine rings is 1. The highest BCUT2D eigenvalue weighted by Gasteiger charge is 2.43. The molecule has 2 aromatic rings. The van der Waals surface area contributed by atoms with Crippen molar-refractivity contribution in [1.82, 2.24) is 4.90 Å². The number of amides is 1. The van der Waals surface area contributed by atoms with Gasteiger partial charge in [-0.15, -0.1) is 11.3 Å². The van der Waals surface area contributed by atoms with Gasteiger partial charge in [-0.05, 0) is 35.1 Å². The van der Waals surface area contributed by atoms with E-state index in [1.54, 1.807) is 0 Å². The average Bonchev–Trinajstić information content (AvgIpc) is 3.53. The standard InChI is InChI=1S/C26H35FN2O2S/c1-29(2,18-15-20-9-11-22(27)12-10-20)23-13-16-28(17-14-23)25(30)26(31,21-6-3-4-7-21)24-8-5-19-32-24/h5,8-12,19,21,23H,3-4,6-7,13-18H2,1-2H3. The topological polar surface area (TPSA) is 43.4 Å². The molecule has 2 fully saturated rings. The summed E-state index contributed by atoms with van der Waals surface area (Å²) in [5.74, 6) is -0.495. The Morgan fingerprint density at radius 2 is 1.78 bits per heavy atom. The summed E-state index contributed by atoms with van der Waals surface area (Å²) in [5.41, 5.74) is -0.473. The summed E-state index contributed by atoms with van der Waals surface area (Å²) in [6, 6.07) is 11.0. The van der Waals surface area contributed by atoms with E-state index in [0.717, 1.165) is 61.5 Å². The van der Waals surface area contributed by atoms with Crippen LogP contribution in [0.15, 0.2) is 41.8 Å². The van der Waals surface area contributed by atoms with E-state index in [4.69, 9.17) is 0 Å². The molecule has 4 rings (SSSR count). The predicted octanol–water partition coefficient (Wildman–Crippen LogP) is 3.94. The molecule has 1 aliphatic carbocycles. The lowest BCUT2D eigenvalue weighted by atomic mass is 9.82. The van der Waals surface area contributed by atoms with Crippen molar-refractivity contribution in [1.29, 1.82) is 0 Å². The van der Waals surface area contributed by atoms with Crippen LogP contribution in [0.1, 0.15) is 49.0 Å². The highest BCUT2D eigenvalue weighted by Crippen LogP contribution is 2.42. The number of carbonyl (C=O) groups excluding carboxylic acids is 1. The molecule has 0 spiro atoms. The summed E-state index contributed by atoms with van der Waals surface area (Å²) in [7, 11) is 4.49. The molecule has 4 nitrogen and oxygen atoms in total. The number of likely N-dealkylation sites (N-methyl/N-ethyl adjacent to an activating group) is 1. The molecule has 0 N–H and O–H groups in total. The minimum absolute atomic E-state index is 0.0886. The van der Waals surface area contributed by atoms with E-state index in [0.29, 0.717) is 24.0 Å². The number of likely N-dealkylation sites (tertiary alicyclic amines) is 1. The summed E-state index contributed by atoms with van der Waals surface area (Å²) >= 11 is 1.43. The van der Waals surface area contributed by atoms with E-state index in [9.17, 15) is 14.3 Å². The molecular formula is C26H35FN2O2S. The molecule has 1 aromatic carbocycles. The largest absolute Gasteiger partial charge is 0.838 e. The number of rotatable bonds is 7. The maximum absolute atomic E-state index is 14.1. The van der Waals surface area contributed by atoms with Gasteiger partial charge in [-0.3, -0.25) is 4.79 Å². The van der Waals surface area contributed by atoms with E-state index in [2.05, 4.69) is 14.1 Å². The van der Waals surface area contributed by atoms with E-state index >= 15 is 0 Å². The second-order valence-electron chi connectivity index (χ2n) is 10.1. The number of hydrogen-bond acceptors (Lipinski definition) is 3. The molecule has 1 saturated carbocycles. The third-order valence-corrected chi connectivity index (χ3v) is 8.75. The van der Waals surface area contributed by atoms with Crippen LogP contribution in [-0.4, -0.2) is 55.1 Å². The molecule has 174 valence electrons. The zero-order chi connectivity index (χ0) is 22.8. The normalized spacial score (nSPS) is 20.4. The van der Waals surface area contributed by atoms with Gasteiger partial charge >= 0.3 is 0 Å². The Hall–Kier alpha value is -1.76. The van der Waals surface area contributed by atoms with Crippen LogP contribution in [-0.2, 0) is 16.8 Å². The van der Waals surface area contributed by atoms with Crippen LogP contribution in [0.2, 0.25) is 0 Å². The van der Waals surface area contributed by atoms with Crippen LogP contribution in [0.5, 0.6) is 0 Å². The molecule has 1 atom stereocenters. The number of nitrogens with zero attached hydrogens (tertiary/aromatic N) is 2. The molecule has 1 saturated heterocycles. The van der Waals surface area contributed by atoms with Crippen LogP contribution >= 0.6 is 11.3 Å². The van der Waals surface area contributed by atoms with Gasteiger partial charge in [0.1, 0.15) is 5.82 Å².